The molecule has 0 aliphatic carbocycles. The van der Waals surface area contributed by atoms with Gasteiger partial charge in [0.2, 0.25) is 5.91 Å². The van der Waals surface area contributed by atoms with Crippen LogP contribution < -0.4 is 0 Å². The number of aromatic nitrogens is 3. The number of H-pyrrole nitrogens is 1. The van der Waals surface area contributed by atoms with E-state index in [4.69, 9.17) is 0 Å². The van der Waals surface area contributed by atoms with Gasteiger partial charge in [0.1, 0.15) is 0 Å². The number of hydrogen-bond donors (Lipinski definition) is 1. The van der Waals surface area contributed by atoms with Gasteiger partial charge >= 0.3 is 0 Å². The molecular formula is C18H20N4O. The van der Waals surface area contributed by atoms with Crippen LogP contribution in [0.5, 0.6) is 0 Å². The molecule has 1 atom stereocenters. The van der Waals surface area contributed by atoms with E-state index in [-0.39, 0.29) is 11.9 Å². The fraction of sp³-hybridized carbons (Fsp3) is 0.278. The van der Waals surface area contributed by atoms with Gasteiger partial charge in [-0.1, -0.05) is 18.2 Å². The molecule has 1 N–H and O–H groups in total. The minimum atomic E-state index is 0.0735. The van der Waals surface area contributed by atoms with Gasteiger partial charge in [0, 0.05) is 55.2 Å². The maximum atomic E-state index is 12.6. The van der Waals surface area contributed by atoms with E-state index in [0.717, 1.165) is 22.2 Å². The standard InChI is InChI=1S/C18H20N4O/c1-13(9-15-12-19-7-8-20-15)22(2)18(23)10-14-11-21-17-6-4-3-5-16(14)17/h3-8,11-13,21H,9-10H2,1-2H3/t13-/m0/s1. The van der Waals surface area contributed by atoms with Gasteiger partial charge in [-0.2, -0.15) is 0 Å². The molecule has 1 aromatic carbocycles. The van der Waals surface area contributed by atoms with Gasteiger partial charge in [0.25, 0.3) is 0 Å². The van der Waals surface area contributed by atoms with Crippen molar-refractivity contribution in [2.75, 3.05) is 7.05 Å². The van der Waals surface area contributed by atoms with Crippen LogP contribution in [0.2, 0.25) is 0 Å². The molecule has 1 amide bonds. The molecule has 5 nitrogen and oxygen atoms in total. The Morgan fingerprint density at radius 2 is 2.13 bits per heavy atom. The number of hydrogen-bond acceptors (Lipinski definition) is 3. The molecule has 0 saturated heterocycles. The summed E-state index contributed by atoms with van der Waals surface area (Å²) in [7, 11) is 1.85. The van der Waals surface area contributed by atoms with Gasteiger partial charge in [-0.25, -0.2) is 0 Å². The molecule has 0 unspecified atom stereocenters. The third kappa shape index (κ3) is 3.39. The second-order valence-corrected chi connectivity index (χ2v) is 5.79. The number of fused-ring (bicyclic) bond motifs is 1. The molecule has 0 aliphatic heterocycles. The van der Waals surface area contributed by atoms with Crippen molar-refractivity contribution in [3.63, 3.8) is 0 Å². The number of rotatable bonds is 5. The number of aromatic amines is 1. The highest BCUT2D eigenvalue weighted by atomic mass is 16.2. The summed E-state index contributed by atoms with van der Waals surface area (Å²) in [5.41, 5.74) is 2.99. The topological polar surface area (TPSA) is 61.9 Å². The summed E-state index contributed by atoms with van der Waals surface area (Å²) in [6.45, 7) is 2.03. The van der Waals surface area contributed by atoms with Crippen LogP contribution in [0.4, 0.5) is 0 Å². The second-order valence-electron chi connectivity index (χ2n) is 5.79. The highest BCUT2D eigenvalue weighted by Crippen LogP contribution is 2.19. The molecule has 2 heterocycles. The lowest BCUT2D eigenvalue weighted by Gasteiger charge is -2.24. The largest absolute Gasteiger partial charge is 0.361 e. The number of benzene rings is 1. The number of carbonyl (C=O) groups is 1. The van der Waals surface area contributed by atoms with Gasteiger partial charge in [0.15, 0.2) is 0 Å². The Balaban J connectivity index is 1.67. The minimum Gasteiger partial charge on any atom is -0.361 e. The van der Waals surface area contributed by atoms with Crippen molar-refractivity contribution >= 4 is 16.8 Å². The average molecular weight is 308 g/mol. The van der Waals surface area contributed by atoms with Crippen LogP contribution in [-0.2, 0) is 17.6 Å². The van der Waals surface area contributed by atoms with Crippen LogP contribution in [0.3, 0.4) is 0 Å². The van der Waals surface area contributed by atoms with E-state index in [9.17, 15) is 4.79 Å². The number of para-hydroxylation sites is 1. The van der Waals surface area contributed by atoms with Crippen LogP contribution in [0.25, 0.3) is 10.9 Å². The van der Waals surface area contributed by atoms with Gasteiger partial charge in [-0.05, 0) is 18.6 Å². The Labute approximate surface area is 135 Å². The van der Waals surface area contributed by atoms with Gasteiger partial charge in [-0.15, -0.1) is 0 Å². The molecule has 0 aliphatic rings. The Morgan fingerprint density at radius 1 is 1.30 bits per heavy atom. The Kier molecular flexibility index (Phi) is 4.37. The monoisotopic (exact) mass is 308 g/mol. The lowest BCUT2D eigenvalue weighted by Crippen LogP contribution is -2.37. The molecule has 0 radical (unpaired) electrons. The second kappa shape index (κ2) is 6.60. The Bertz CT molecular complexity index is 797. The van der Waals surface area contributed by atoms with Gasteiger partial charge < -0.3 is 9.88 Å². The predicted molar refractivity (Wildman–Crippen MR) is 90.0 cm³/mol. The van der Waals surface area contributed by atoms with Crippen LogP contribution in [0, 0.1) is 0 Å². The quantitative estimate of drug-likeness (QED) is 0.788. The summed E-state index contributed by atoms with van der Waals surface area (Å²) in [4.78, 5) is 25.9. The molecular weight excluding hydrogens is 288 g/mol. The summed E-state index contributed by atoms with van der Waals surface area (Å²) in [5.74, 6) is 0.103. The lowest BCUT2D eigenvalue weighted by molar-refractivity contribution is -0.130. The maximum Gasteiger partial charge on any atom is 0.227 e. The van der Waals surface area contributed by atoms with Crippen LogP contribution in [-0.4, -0.2) is 38.8 Å². The molecule has 2 aromatic heterocycles. The number of likely N-dealkylation sites (N-methyl/N-ethyl adjacent to an activating group) is 1. The maximum absolute atomic E-state index is 12.6. The van der Waals surface area contributed by atoms with Crippen molar-refractivity contribution in [3.05, 3.63) is 60.3 Å². The van der Waals surface area contributed by atoms with Gasteiger partial charge in [0.05, 0.1) is 12.1 Å². The molecule has 0 bridgehead atoms. The predicted octanol–water partition coefficient (Wildman–Crippen LogP) is 2.59. The van der Waals surface area contributed by atoms with Crippen molar-refractivity contribution in [2.45, 2.75) is 25.8 Å². The van der Waals surface area contributed by atoms with Crippen molar-refractivity contribution in [2.24, 2.45) is 0 Å². The number of nitrogens with zero attached hydrogens (tertiary/aromatic N) is 3. The van der Waals surface area contributed by atoms with Gasteiger partial charge in [-0.3, -0.25) is 14.8 Å². The van der Waals surface area contributed by atoms with E-state index in [1.165, 1.54) is 0 Å². The third-order valence-electron chi connectivity index (χ3n) is 4.19. The van der Waals surface area contributed by atoms with E-state index < -0.39 is 0 Å². The molecule has 3 aromatic rings. The van der Waals surface area contributed by atoms with Crippen LogP contribution in [0.1, 0.15) is 18.2 Å². The molecule has 0 fully saturated rings. The van der Waals surface area contributed by atoms with E-state index in [2.05, 4.69) is 15.0 Å². The fourth-order valence-corrected chi connectivity index (χ4v) is 2.69. The zero-order valence-electron chi connectivity index (χ0n) is 13.4. The molecule has 0 saturated carbocycles. The summed E-state index contributed by atoms with van der Waals surface area (Å²) in [6, 6.07) is 8.11. The first kappa shape index (κ1) is 15.2. The van der Waals surface area contributed by atoms with Crippen LogP contribution >= 0.6 is 0 Å². The summed E-state index contributed by atoms with van der Waals surface area (Å²) in [6.07, 6.45) is 8.09. The molecule has 0 spiro atoms. The first-order valence-corrected chi connectivity index (χ1v) is 7.70. The minimum absolute atomic E-state index is 0.0735. The third-order valence-corrected chi connectivity index (χ3v) is 4.19. The first-order valence-electron chi connectivity index (χ1n) is 7.70. The van der Waals surface area contributed by atoms with E-state index >= 15 is 0 Å². The molecule has 23 heavy (non-hydrogen) atoms. The SMILES string of the molecule is C[C@@H](Cc1cnccn1)N(C)C(=O)Cc1c[nH]c2ccccc12. The molecule has 5 heteroatoms. The molecule has 3 rings (SSSR count). The molecule has 118 valence electrons. The summed E-state index contributed by atoms with van der Waals surface area (Å²) in [5, 5.41) is 1.11. The summed E-state index contributed by atoms with van der Waals surface area (Å²) < 4.78 is 0. The van der Waals surface area contributed by atoms with E-state index in [1.54, 1.807) is 23.5 Å². The van der Waals surface area contributed by atoms with Crippen molar-refractivity contribution in [3.8, 4) is 0 Å². The fourth-order valence-electron chi connectivity index (χ4n) is 2.69. The summed E-state index contributed by atoms with van der Waals surface area (Å²) >= 11 is 0. The zero-order valence-corrected chi connectivity index (χ0v) is 13.4. The number of nitrogens with one attached hydrogen (secondary N) is 1. The van der Waals surface area contributed by atoms with E-state index in [1.807, 2.05) is 44.4 Å². The Hall–Kier alpha value is -2.69. The van der Waals surface area contributed by atoms with Crippen LogP contribution in [0.15, 0.2) is 49.1 Å². The van der Waals surface area contributed by atoms with Crippen molar-refractivity contribution in [1.29, 1.82) is 0 Å². The number of amides is 1. The normalized spacial score (nSPS) is 12.3. The zero-order chi connectivity index (χ0) is 16.2. The van der Waals surface area contributed by atoms with Crippen molar-refractivity contribution < 1.29 is 4.79 Å². The highest BCUT2D eigenvalue weighted by Gasteiger charge is 2.18. The first-order chi connectivity index (χ1) is 11.1. The Morgan fingerprint density at radius 3 is 2.91 bits per heavy atom. The smallest absolute Gasteiger partial charge is 0.227 e. The highest BCUT2D eigenvalue weighted by molar-refractivity contribution is 5.88. The van der Waals surface area contributed by atoms with E-state index in [0.29, 0.717) is 12.8 Å². The number of carbonyl (C=O) groups excluding carboxylic acids is 1. The lowest BCUT2D eigenvalue weighted by atomic mass is 10.1. The van der Waals surface area contributed by atoms with Crippen molar-refractivity contribution in [1.82, 2.24) is 19.9 Å². The average Bonchev–Trinajstić information content (AvgIpc) is 2.98.